The van der Waals surface area contributed by atoms with Crippen LogP contribution in [0.5, 0.6) is 0 Å². The number of hydrogen-bond acceptors (Lipinski definition) is 2. The van der Waals surface area contributed by atoms with Gasteiger partial charge in [0.25, 0.3) is 0 Å². The molecule has 1 aliphatic carbocycles. The Balaban J connectivity index is 2.07. The molecule has 0 spiro atoms. The Labute approximate surface area is 82.9 Å². The number of hydrogen-bond donors (Lipinski definition) is 1. The van der Waals surface area contributed by atoms with Crippen molar-refractivity contribution in [3.63, 3.8) is 0 Å². The highest BCUT2D eigenvalue weighted by molar-refractivity contribution is 7.85. The van der Waals surface area contributed by atoms with Crippen LogP contribution in [0.15, 0.2) is 0 Å². The SMILES string of the molecule is CC1CCC2NCCCS(=O)C2C1. The van der Waals surface area contributed by atoms with Crippen molar-refractivity contribution < 1.29 is 4.21 Å². The topological polar surface area (TPSA) is 29.1 Å². The van der Waals surface area contributed by atoms with Crippen LogP contribution in [-0.4, -0.2) is 27.8 Å². The van der Waals surface area contributed by atoms with Crippen LogP contribution in [0.25, 0.3) is 0 Å². The molecule has 1 heterocycles. The highest BCUT2D eigenvalue weighted by atomic mass is 32.2. The van der Waals surface area contributed by atoms with Gasteiger partial charge in [-0.3, -0.25) is 4.21 Å². The van der Waals surface area contributed by atoms with Crippen molar-refractivity contribution in [1.82, 2.24) is 5.32 Å². The minimum Gasteiger partial charge on any atom is -0.313 e. The monoisotopic (exact) mass is 201 g/mol. The predicted octanol–water partition coefficient (Wildman–Crippen LogP) is 1.29. The van der Waals surface area contributed by atoms with Crippen molar-refractivity contribution in [3.05, 3.63) is 0 Å². The van der Waals surface area contributed by atoms with E-state index in [2.05, 4.69) is 12.2 Å². The molecule has 76 valence electrons. The first-order valence-electron chi connectivity index (χ1n) is 5.38. The average molecular weight is 201 g/mol. The molecule has 4 atom stereocenters. The predicted molar refractivity (Wildman–Crippen MR) is 56.2 cm³/mol. The molecule has 1 saturated carbocycles. The molecule has 2 rings (SSSR count). The van der Waals surface area contributed by atoms with Gasteiger partial charge < -0.3 is 5.32 Å². The Hall–Kier alpha value is 0.110. The normalized spacial score (nSPS) is 46.5. The van der Waals surface area contributed by atoms with Crippen molar-refractivity contribution in [2.45, 2.75) is 43.9 Å². The van der Waals surface area contributed by atoms with Crippen LogP contribution >= 0.6 is 0 Å². The van der Waals surface area contributed by atoms with E-state index in [4.69, 9.17) is 0 Å². The molecule has 2 nitrogen and oxygen atoms in total. The quantitative estimate of drug-likeness (QED) is 0.640. The van der Waals surface area contributed by atoms with Crippen LogP contribution in [0.4, 0.5) is 0 Å². The summed E-state index contributed by atoms with van der Waals surface area (Å²) in [6.07, 6.45) is 4.81. The Kier molecular flexibility index (Phi) is 3.04. The van der Waals surface area contributed by atoms with Crippen molar-refractivity contribution in [2.75, 3.05) is 12.3 Å². The molecule has 4 unspecified atom stereocenters. The zero-order chi connectivity index (χ0) is 9.26. The Morgan fingerprint density at radius 1 is 1.38 bits per heavy atom. The summed E-state index contributed by atoms with van der Waals surface area (Å²) in [5.41, 5.74) is 0. The largest absolute Gasteiger partial charge is 0.313 e. The fourth-order valence-electron chi connectivity index (χ4n) is 2.51. The maximum atomic E-state index is 11.9. The third-order valence-electron chi connectivity index (χ3n) is 3.32. The molecular formula is C10H19NOS. The summed E-state index contributed by atoms with van der Waals surface area (Å²) in [5.74, 6) is 1.70. The molecule has 2 aliphatic rings. The van der Waals surface area contributed by atoms with Crippen LogP contribution in [0.3, 0.4) is 0 Å². The average Bonchev–Trinajstić information content (AvgIpc) is 2.29. The van der Waals surface area contributed by atoms with Crippen LogP contribution in [0, 0.1) is 5.92 Å². The van der Waals surface area contributed by atoms with Gasteiger partial charge in [0.2, 0.25) is 0 Å². The van der Waals surface area contributed by atoms with Crippen LogP contribution in [0.1, 0.15) is 32.6 Å². The first-order valence-corrected chi connectivity index (χ1v) is 6.76. The Morgan fingerprint density at radius 2 is 2.23 bits per heavy atom. The first-order chi connectivity index (χ1) is 6.27. The summed E-state index contributed by atoms with van der Waals surface area (Å²) < 4.78 is 11.9. The Bertz CT molecular complexity index is 207. The van der Waals surface area contributed by atoms with Gasteiger partial charge in [-0.1, -0.05) is 6.92 Å². The van der Waals surface area contributed by atoms with Crippen molar-refractivity contribution in [2.24, 2.45) is 5.92 Å². The van der Waals surface area contributed by atoms with E-state index in [1.165, 1.54) is 19.3 Å². The summed E-state index contributed by atoms with van der Waals surface area (Å²) in [6.45, 7) is 3.36. The van der Waals surface area contributed by atoms with E-state index >= 15 is 0 Å². The van der Waals surface area contributed by atoms with Crippen molar-refractivity contribution in [3.8, 4) is 0 Å². The van der Waals surface area contributed by atoms with Crippen LogP contribution < -0.4 is 5.32 Å². The summed E-state index contributed by atoms with van der Waals surface area (Å²) in [6, 6.07) is 0.555. The maximum Gasteiger partial charge on any atom is 0.0503 e. The summed E-state index contributed by atoms with van der Waals surface area (Å²) >= 11 is 0. The smallest absolute Gasteiger partial charge is 0.0503 e. The summed E-state index contributed by atoms with van der Waals surface area (Å²) in [7, 11) is -0.557. The van der Waals surface area contributed by atoms with E-state index in [-0.39, 0.29) is 0 Å². The third kappa shape index (κ3) is 2.13. The highest BCUT2D eigenvalue weighted by Gasteiger charge is 2.33. The third-order valence-corrected chi connectivity index (χ3v) is 5.21. The fraction of sp³-hybridized carbons (Fsp3) is 1.00. The number of rotatable bonds is 0. The molecule has 3 heteroatoms. The van der Waals surface area contributed by atoms with E-state index in [1.54, 1.807) is 0 Å². The molecule has 0 bridgehead atoms. The van der Waals surface area contributed by atoms with Gasteiger partial charge in [0.05, 0.1) is 5.25 Å². The van der Waals surface area contributed by atoms with Gasteiger partial charge in [-0.15, -0.1) is 0 Å². The van der Waals surface area contributed by atoms with Gasteiger partial charge >= 0.3 is 0 Å². The van der Waals surface area contributed by atoms with Crippen molar-refractivity contribution >= 4 is 10.8 Å². The summed E-state index contributed by atoms with van der Waals surface area (Å²) in [4.78, 5) is 0. The second-order valence-corrected chi connectivity index (χ2v) is 6.23. The molecule has 13 heavy (non-hydrogen) atoms. The lowest BCUT2D eigenvalue weighted by atomic mass is 9.87. The lowest BCUT2D eigenvalue weighted by Gasteiger charge is -2.33. The number of fused-ring (bicyclic) bond motifs is 1. The second-order valence-electron chi connectivity index (χ2n) is 4.46. The van der Waals surface area contributed by atoms with E-state index in [9.17, 15) is 4.21 Å². The molecule has 1 saturated heterocycles. The Morgan fingerprint density at radius 3 is 3.08 bits per heavy atom. The van der Waals surface area contributed by atoms with Gasteiger partial charge in [-0.05, 0) is 38.1 Å². The van der Waals surface area contributed by atoms with Gasteiger partial charge in [-0.25, -0.2) is 0 Å². The van der Waals surface area contributed by atoms with Crippen LogP contribution in [0.2, 0.25) is 0 Å². The number of nitrogens with one attached hydrogen (secondary N) is 1. The van der Waals surface area contributed by atoms with E-state index in [1.807, 2.05) is 0 Å². The second kappa shape index (κ2) is 4.09. The van der Waals surface area contributed by atoms with E-state index < -0.39 is 10.8 Å². The maximum absolute atomic E-state index is 11.9. The van der Waals surface area contributed by atoms with Gasteiger partial charge in [-0.2, -0.15) is 0 Å². The van der Waals surface area contributed by atoms with Gasteiger partial charge in [0.1, 0.15) is 0 Å². The van der Waals surface area contributed by atoms with Crippen molar-refractivity contribution in [1.29, 1.82) is 0 Å². The van der Waals surface area contributed by atoms with E-state index in [0.29, 0.717) is 11.3 Å². The zero-order valence-corrected chi connectivity index (χ0v) is 9.11. The molecule has 0 radical (unpaired) electrons. The molecule has 0 aromatic rings. The minimum absolute atomic E-state index is 0.450. The van der Waals surface area contributed by atoms with Gasteiger partial charge in [0, 0.05) is 22.6 Å². The molecule has 1 aliphatic heterocycles. The first kappa shape index (κ1) is 9.66. The fourth-order valence-corrected chi connectivity index (χ4v) is 4.38. The van der Waals surface area contributed by atoms with Gasteiger partial charge in [0.15, 0.2) is 0 Å². The summed E-state index contributed by atoms with van der Waals surface area (Å²) in [5, 5.41) is 3.99. The molecule has 1 N–H and O–H groups in total. The van der Waals surface area contributed by atoms with E-state index in [0.717, 1.165) is 24.6 Å². The lowest BCUT2D eigenvalue weighted by Crippen LogP contribution is -2.44. The molecule has 2 fully saturated rings. The lowest BCUT2D eigenvalue weighted by molar-refractivity contribution is 0.318. The zero-order valence-electron chi connectivity index (χ0n) is 8.29. The highest BCUT2D eigenvalue weighted by Crippen LogP contribution is 2.28. The van der Waals surface area contributed by atoms with Crippen LogP contribution in [-0.2, 0) is 10.8 Å². The standard InChI is InChI=1S/C10H19NOS/c1-8-3-4-9-10(7-8)13(12)6-2-5-11-9/h8-11H,2-7H2,1H3. The minimum atomic E-state index is -0.557. The molecular weight excluding hydrogens is 182 g/mol. The molecule has 0 aromatic heterocycles. The molecule has 0 aromatic carbocycles. The molecule has 0 amide bonds.